The molecule has 0 atom stereocenters. The first-order valence-electron chi connectivity index (χ1n) is 8.62. The molecule has 5 nitrogen and oxygen atoms in total. The minimum absolute atomic E-state index is 0.138. The Kier molecular flexibility index (Phi) is 7.93. The lowest BCUT2D eigenvalue weighted by Crippen LogP contribution is -2.40. The number of carbonyl (C=O) groups is 1. The van der Waals surface area contributed by atoms with Crippen molar-refractivity contribution < 1.29 is 4.79 Å². The molecule has 1 heterocycles. The number of guanidine groups is 1. The lowest BCUT2D eigenvalue weighted by molar-refractivity contribution is -0.121. The van der Waals surface area contributed by atoms with E-state index >= 15 is 0 Å². The van der Waals surface area contributed by atoms with Gasteiger partial charge in [-0.15, -0.1) is 11.3 Å². The number of nitrogens with zero attached hydrogens (tertiary/aromatic N) is 1. The normalized spacial score (nSPS) is 15.6. The van der Waals surface area contributed by atoms with Crippen LogP contribution in [-0.4, -0.2) is 37.5 Å². The molecule has 1 amide bonds. The molecule has 0 bridgehead atoms. The van der Waals surface area contributed by atoms with Gasteiger partial charge in [-0.1, -0.05) is 18.9 Å². The lowest BCUT2D eigenvalue weighted by Gasteiger charge is -2.13. The third-order valence-electron chi connectivity index (χ3n) is 3.92. The van der Waals surface area contributed by atoms with Gasteiger partial charge in [0.1, 0.15) is 0 Å². The summed E-state index contributed by atoms with van der Waals surface area (Å²) in [6.07, 6.45) is 6.19. The molecule has 0 saturated heterocycles. The van der Waals surface area contributed by atoms with Crippen molar-refractivity contribution in [1.29, 1.82) is 0 Å². The van der Waals surface area contributed by atoms with E-state index < -0.39 is 0 Å². The minimum Gasteiger partial charge on any atom is -0.357 e. The fraction of sp³-hybridized carbons (Fsp3) is 0.647. The highest BCUT2D eigenvalue weighted by molar-refractivity contribution is 7.09. The summed E-state index contributed by atoms with van der Waals surface area (Å²) in [6.45, 7) is 4.23. The SMILES string of the molecule is CCNC(=NCCc1cccs1)NCCC(=O)NC1CCCC1. The zero-order valence-electron chi connectivity index (χ0n) is 13.9. The lowest BCUT2D eigenvalue weighted by atomic mass is 10.2. The van der Waals surface area contributed by atoms with Crippen molar-refractivity contribution in [2.24, 2.45) is 4.99 Å². The van der Waals surface area contributed by atoms with Crippen LogP contribution in [0.1, 0.15) is 43.9 Å². The molecule has 128 valence electrons. The summed E-state index contributed by atoms with van der Waals surface area (Å²) in [5.74, 6) is 0.927. The van der Waals surface area contributed by atoms with Gasteiger partial charge in [0.05, 0.1) is 0 Å². The van der Waals surface area contributed by atoms with Gasteiger partial charge in [0.25, 0.3) is 0 Å². The molecular formula is C17H28N4OS. The Hall–Kier alpha value is -1.56. The molecule has 2 rings (SSSR count). The van der Waals surface area contributed by atoms with Gasteiger partial charge in [0, 0.05) is 43.4 Å². The predicted octanol–water partition coefficient (Wildman–Crippen LogP) is 2.29. The molecule has 1 aromatic rings. The minimum atomic E-state index is 0.138. The number of thiophene rings is 1. The van der Waals surface area contributed by atoms with Gasteiger partial charge in [-0.3, -0.25) is 9.79 Å². The maximum Gasteiger partial charge on any atom is 0.221 e. The number of hydrogen-bond acceptors (Lipinski definition) is 3. The average molecular weight is 337 g/mol. The quantitative estimate of drug-likeness (QED) is 0.504. The van der Waals surface area contributed by atoms with Crippen LogP contribution in [0, 0.1) is 0 Å². The first-order chi connectivity index (χ1) is 11.3. The van der Waals surface area contributed by atoms with Crippen LogP contribution in [0.25, 0.3) is 0 Å². The van der Waals surface area contributed by atoms with Crippen LogP contribution in [0.3, 0.4) is 0 Å². The first-order valence-corrected chi connectivity index (χ1v) is 9.50. The van der Waals surface area contributed by atoms with E-state index in [1.807, 2.05) is 6.92 Å². The van der Waals surface area contributed by atoms with Crippen molar-refractivity contribution in [3.8, 4) is 0 Å². The fourth-order valence-corrected chi connectivity index (χ4v) is 3.44. The van der Waals surface area contributed by atoms with Crippen LogP contribution in [0.2, 0.25) is 0 Å². The molecule has 0 radical (unpaired) electrons. The first kappa shape index (κ1) is 17.8. The molecule has 3 N–H and O–H groups in total. The third-order valence-corrected chi connectivity index (χ3v) is 4.85. The summed E-state index contributed by atoms with van der Waals surface area (Å²) >= 11 is 1.76. The molecule has 0 aliphatic heterocycles. The maximum atomic E-state index is 11.9. The van der Waals surface area contributed by atoms with Gasteiger partial charge in [-0.05, 0) is 31.2 Å². The fourth-order valence-electron chi connectivity index (χ4n) is 2.74. The molecule has 0 unspecified atom stereocenters. The zero-order chi connectivity index (χ0) is 16.3. The monoisotopic (exact) mass is 336 g/mol. The van der Waals surface area contributed by atoms with E-state index in [1.54, 1.807) is 11.3 Å². The van der Waals surface area contributed by atoms with Crippen molar-refractivity contribution >= 4 is 23.2 Å². The molecule has 1 aromatic heterocycles. The second kappa shape index (κ2) is 10.3. The van der Waals surface area contributed by atoms with Crippen LogP contribution in [0.5, 0.6) is 0 Å². The number of amides is 1. The van der Waals surface area contributed by atoms with E-state index in [2.05, 4.69) is 38.5 Å². The molecule has 1 aliphatic rings. The third kappa shape index (κ3) is 7.03. The summed E-state index contributed by atoms with van der Waals surface area (Å²) in [4.78, 5) is 17.8. The van der Waals surface area contributed by atoms with Gasteiger partial charge in [-0.25, -0.2) is 0 Å². The van der Waals surface area contributed by atoms with E-state index in [-0.39, 0.29) is 5.91 Å². The van der Waals surface area contributed by atoms with Gasteiger partial charge >= 0.3 is 0 Å². The van der Waals surface area contributed by atoms with Crippen molar-refractivity contribution in [3.05, 3.63) is 22.4 Å². The molecular weight excluding hydrogens is 308 g/mol. The van der Waals surface area contributed by atoms with Gasteiger partial charge in [-0.2, -0.15) is 0 Å². The number of aliphatic imine (C=N–C) groups is 1. The van der Waals surface area contributed by atoms with E-state index in [0.717, 1.165) is 38.3 Å². The maximum absolute atomic E-state index is 11.9. The van der Waals surface area contributed by atoms with Crippen LogP contribution >= 0.6 is 11.3 Å². The number of rotatable bonds is 8. The molecule has 1 saturated carbocycles. The Morgan fingerprint density at radius 2 is 2.17 bits per heavy atom. The zero-order valence-corrected chi connectivity index (χ0v) is 14.8. The van der Waals surface area contributed by atoms with Crippen LogP contribution in [0.15, 0.2) is 22.5 Å². The molecule has 1 aliphatic carbocycles. The second-order valence-corrected chi connectivity index (χ2v) is 6.85. The number of nitrogens with one attached hydrogen (secondary N) is 3. The average Bonchev–Trinajstić information content (AvgIpc) is 3.21. The standard InChI is InChI=1S/C17H28N4OS/c1-2-18-17(19-11-9-15-8-5-13-23-15)20-12-10-16(22)21-14-6-3-4-7-14/h5,8,13-14H,2-4,6-7,9-12H2,1H3,(H,21,22)(H2,18,19,20). The largest absolute Gasteiger partial charge is 0.357 e. The molecule has 0 spiro atoms. The number of carbonyl (C=O) groups excluding carboxylic acids is 1. The van der Waals surface area contributed by atoms with Crippen molar-refractivity contribution in [2.75, 3.05) is 19.6 Å². The summed E-state index contributed by atoms with van der Waals surface area (Å²) in [6, 6.07) is 4.60. The van der Waals surface area contributed by atoms with Gasteiger partial charge < -0.3 is 16.0 Å². The van der Waals surface area contributed by atoms with Crippen LogP contribution in [-0.2, 0) is 11.2 Å². The summed E-state index contributed by atoms with van der Waals surface area (Å²) in [7, 11) is 0. The Bertz CT molecular complexity index is 481. The molecule has 23 heavy (non-hydrogen) atoms. The topological polar surface area (TPSA) is 65.5 Å². The number of hydrogen-bond donors (Lipinski definition) is 3. The second-order valence-electron chi connectivity index (χ2n) is 5.82. The van der Waals surface area contributed by atoms with E-state index in [9.17, 15) is 4.79 Å². The smallest absolute Gasteiger partial charge is 0.221 e. The summed E-state index contributed by atoms with van der Waals surface area (Å²) in [5, 5.41) is 11.7. The summed E-state index contributed by atoms with van der Waals surface area (Å²) in [5.41, 5.74) is 0. The molecule has 0 aromatic carbocycles. The molecule has 1 fully saturated rings. The Balaban J connectivity index is 1.65. The highest BCUT2D eigenvalue weighted by atomic mass is 32.1. The van der Waals surface area contributed by atoms with E-state index in [4.69, 9.17) is 0 Å². The highest BCUT2D eigenvalue weighted by Gasteiger charge is 2.16. The van der Waals surface area contributed by atoms with E-state index in [0.29, 0.717) is 19.0 Å². The van der Waals surface area contributed by atoms with Crippen molar-refractivity contribution in [1.82, 2.24) is 16.0 Å². The van der Waals surface area contributed by atoms with Crippen LogP contribution in [0.4, 0.5) is 0 Å². The van der Waals surface area contributed by atoms with E-state index in [1.165, 1.54) is 17.7 Å². The molecule has 6 heteroatoms. The summed E-state index contributed by atoms with van der Waals surface area (Å²) < 4.78 is 0. The van der Waals surface area contributed by atoms with Gasteiger partial charge in [0.15, 0.2) is 5.96 Å². The van der Waals surface area contributed by atoms with Crippen molar-refractivity contribution in [2.45, 2.75) is 51.5 Å². The van der Waals surface area contributed by atoms with Crippen LogP contribution < -0.4 is 16.0 Å². The Labute approximate surface area is 143 Å². The highest BCUT2D eigenvalue weighted by Crippen LogP contribution is 2.17. The Morgan fingerprint density at radius 1 is 1.35 bits per heavy atom. The Morgan fingerprint density at radius 3 is 2.87 bits per heavy atom. The predicted molar refractivity (Wildman–Crippen MR) is 97.0 cm³/mol. The van der Waals surface area contributed by atoms with Crippen molar-refractivity contribution in [3.63, 3.8) is 0 Å². The van der Waals surface area contributed by atoms with Gasteiger partial charge in [0.2, 0.25) is 5.91 Å².